The van der Waals surface area contributed by atoms with E-state index in [-0.39, 0.29) is 11.9 Å². The fourth-order valence-corrected chi connectivity index (χ4v) is 2.90. The number of nitrogens with one attached hydrogen (secondary N) is 1. The number of benzene rings is 1. The zero-order chi connectivity index (χ0) is 13.7. The second kappa shape index (κ2) is 6.71. The van der Waals surface area contributed by atoms with Crippen molar-refractivity contribution in [2.45, 2.75) is 51.6 Å². The lowest BCUT2D eigenvalue weighted by atomic mass is 9.99. The Morgan fingerprint density at radius 3 is 2.68 bits per heavy atom. The van der Waals surface area contributed by atoms with E-state index in [1.54, 1.807) is 0 Å². The van der Waals surface area contributed by atoms with Gasteiger partial charge in [0.1, 0.15) is 0 Å². The van der Waals surface area contributed by atoms with Crippen LogP contribution in [-0.2, 0) is 17.8 Å². The molecule has 0 heterocycles. The highest BCUT2D eigenvalue weighted by Crippen LogP contribution is 2.26. The van der Waals surface area contributed by atoms with Crippen LogP contribution in [0.2, 0.25) is 0 Å². The summed E-state index contributed by atoms with van der Waals surface area (Å²) in [4.78, 5) is 12.0. The normalized spacial score (nSPS) is 22.4. The first-order chi connectivity index (χ1) is 9.20. The number of aryl methyl sites for hydroxylation is 1. The second-order valence-corrected chi connectivity index (χ2v) is 5.46. The number of carbonyl (C=O) groups is 1. The van der Waals surface area contributed by atoms with Crippen LogP contribution in [0.1, 0.15) is 43.7 Å². The van der Waals surface area contributed by atoms with Gasteiger partial charge in [0.2, 0.25) is 5.91 Å². The van der Waals surface area contributed by atoms with E-state index < -0.39 is 0 Å². The molecule has 0 aliphatic heterocycles. The summed E-state index contributed by atoms with van der Waals surface area (Å²) in [6, 6.07) is 8.48. The third-order valence-electron chi connectivity index (χ3n) is 4.14. The molecule has 1 aliphatic carbocycles. The molecule has 1 fully saturated rings. The molecule has 104 valence electrons. The third kappa shape index (κ3) is 3.80. The topological polar surface area (TPSA) is 55.1 Å². The van der Waals surface area contributed by atoms with E-state index in [1.807, 2.05) is 12.1 Å². The number of hydrogen-bond donors (Lipinski definition) is 2. The molecule has 19 heavy (non-hydrogen) atoms. The Labute approximate surface area is 115 Å². The van der Waals surface area contributed by atoms with Crippen LogP contribution < -0.4 is 11.1 Å². The Morgan fingerprint density at radius 2 is 2.05 bits per heavy atom. The van der Waals surface area contributed by atoms with Crippen molar-refractivity contribution in [3.8, 4) is 0 Å². The van der Waals surface area contributed by atoms with Crippen molar-refractivity contribution in [3.05, 3.63) is 35.4 Å². The standard InChI is InChI=1S/C16H24N2O/c1-2-12-6-3-4-7-14(12)11-18-16(19)10-13-8-5-9-15(13)17/h3-4,6-7,13,15H,2,5,8-11,17H2,1H3,(H,18,19)/t13-,15+/m0/s1. The van der Waals surface area contributed by atoms with Crippen molar-refractivity contribution in [3.63, 3.8) is 0 Å². The van der Waals surface area contributed by atoms with E-state index in [4.69, 9.17) is 5.73 Å². The predicted molar refractivity (Wildman–Crippen MR) is 77.6 cm³/mol. The summed E-state index contributed by atoms with van der Waals surface area (Å²) in [5.74, 6) is 0.509. The SMILES string of the molecule is CCc1ccccc1CNC(=O)C[C@@H]1CCC[C@H]1N. The van der Waals surface area contributed by atoms with Gasteiger partial charge in [0.25, 0.3) is 0 Å². The van der Waals surface area contributed by atoms with Crippen molar-refractivity contribution >= 4 is 5.91 Å². The van der Waals surface area contributed by atoms with Crippen LogP contribution in [0.3, 0.4) is 0 Å². The van der Waals surface area contributed by atoms with E-state index >= 15 is 0 Å². The maximum atomic E-state index is 12.0. The second-order valence-electron chi connectivity index (χ2n) is 5.46. The molecular formula is C16H24N2O. The summed E-state index contributed by atoms with van der Waals surface area (Å²) in [7, 11) is 0. The highest BCUT2D eigenvalue weighted by Gasteiger charge is 2.25. The van der Waals surface area contributed by atoms with Gasteiger partial charge in [0.05, 0.1) is 0 Å². The number of nitrogens with two attached hydrogens (primary N) is 1. The molecule has 3 nitrogen and oxygen atoms in total. The van der Waals surface area contributed by atoms with E-state index in [1.165, 1.54) is 11.1 Å². The number of hydrogen-bond acceptors (Lipinski definition) is 2. The van der Waals surface area contributed by atoms with Gasteiger partial charge in [-0.15, -0.1) is 0 Å². The third-order valence-corrected chi connectivity index (χ3v) is 4.14. The minimum absolute atomic E-state index is 0.133. The van der Waals surface area contributed by atoms with Crippen molar-refractivity contribution in [1.82, 2.24) is 5.32 Å². The summed E-state index contributed by atoms with van der Waals surface area (Å²) in [5, 5.41) is 3.03. The van der Waals surface area contributed by atoms with Gasteiger partial charge < -0.3 is 11.1 Å². The molecule has 0 spiro atoms. The summed E-state index contributed by atoms with van der Waals surface area (Å²) in [6.07, 6.45) is 4.91. The first-order valence-corrected chi connectivity index (χ1v) is 7.29. The minimum atomic E-state index is 0.133. The smallest absolute Gasteiger partial charge is 0.220 e. The molecule has 0 radical (unpaired) electrons. The van der Waals surface area contributed by atoms with E-state index in [2.05, 4.69) is 24.4 Å². The van der Waals surface area contributed by atoms with Gasteiger partial charge in [-0.2, -0.15) is 0 Å². The maximum Gasteiger partial charge on any atom is 0.220 e. The first kappa shape index (κ1) is 14.1. The van der Waals surface area contributed by atoms with Crippen molar-refractivity contribution in [2.75, 3.05) is 0 Å². The highest BCUT2D eigenvalue weighted by molar-refractivity contribution is 5.76. The lowest BCUT2D eigenvalue weighted by Crippen LogP contribution is -2.31. The van der Waals surface area contributed by atoms with Crippen molar-refractivity contribution in [2.24, 2.45) is 11.7 Å². The Morgan fingerprint density at radius 1 is 1.32 bits per heavy atom. The Bertz CT molecular complexity index is 431. The zero-order valence-corrected chi connectivity index (χ0v) is 11.7. The summed E-state index contributed by atoms with van der Waals surface area (Å²) in [5.41, 5.74) is 8.52. The highest BCUT2D eigenvalue weighted by atomic mass is 16.1. The molecule has 1 aromatic carbocycles. The summed E-state index contributed by atoms with van der Waals surface area (Å²) >= 11 is 0. The lowest BCUT2D eigenvalue weighted by molar-refractivity contribution is -0.122. The largest absolute Gasteiger partial charge is 0.352 e. The van der Waals surface area contributed by atoms with Gasteiger partial charge in [0, 0.05) is 19.0 Å². The molecule has 1 amide bonds. The molecule has 2 rings (SSSR count). The van der Waals surface area contributed by atoms with Gasteiger partial charge in [-0.05, 0) is 36.3 Å². The summed E-state index contributed by atoms with van der Waals surface area (Å²) in [6.45, 7) is 2.77. The number of rotatable bonds is 5. The molecule has 3 heteroatoms. The van der Waals surface area contributed by atoms with E-state index in [0.717, 1.165) is 25.7 Å². The fourth-order valence-electron chi connectivity index (χ4n) is 2.90. The molecule has 2 atom stereocenters. The Hall–Kier alpha value is -1.35. The van der Waals surface area contributed by atoms with Gasteiger partial charge in [-0.1, -0.05) is 37.6 Å². The van der Waals surface area contributed by atoms with Crippen LogP contribution >= 0.6 is 0 Å². The van der Waals surface area contributed by atoms with Crippen LogP contribution in [0.15, 0.2) is 24.3 Å². The van der Waals surface area contributed by atoms with Crippen LogP contribution in [0.5, 0.6) is 0 Å². The molecule has 1 aliphatic rings. The van der Waals surface area contributed by atoms with Crippen LogP contribution in [0.4, 0.5) is 0 Å². The molecule has 0 aromatic heterocycles. The molecule has 0 bridgehead atoms. The van der Waals surface area contributed by atoms with Crippen LogP contribution in [-0.4, -0.2) is 11.9 Å². The fraction of sp³-hybridized carbons (Fsp3) is 0.562. The predicted octanol–water partition coefficient (Wildman–Crippen LogP) is 2.38. The maximum absolute atomic E-state index is 12.0. The molecule has 1 aromatic rings. The number of amides is 1. The Balaban J connectivity index is 1.83. The van der Waals surface area contributed by atoms with Gasteiger partial charge in [0.15, 0.2) is 0 Å². The lowest BCUT2D eigenvalue weighted by Gasteiger charge is -2.15. The molecule has 0 saturated heterocycles. The molecular weight excluding hydrogens is 236 g/mol. The van der Waals surface area contributed by atoms with E-state index in [9.17, 15) is 4.79 Å². The minimum Gasteiger partial charge on any atom is -0.352 e. The van der Waals surface area contributed by atoms with Crippen molar-refractivity contribution < 1.29 is 4.79 Å². The quantitative estimate of drug-likeness (QED) is 0.854. The van der Waals surface area contributed by atoms with Crippen molar-refractivity contribution in [1.29, 1.82) is 0 Å². The average molecular weight is 260 g/mol. The zero-order valence-electron chi connectivity index (χ0n) is 11.7. The Kier molecular flexibility index (Phi) is 4.97. The van der Waals surface area contributed by atoms with Gasteiger partial charge >= 0.3 is 0 Å². The van der Waals surface area contributed by atoms with Gasteiger partial charge in [-0.25, -0.2) is 0 Å². The van der Waals surface area contributed by atoms with Gasteiger partial charge in [-0.3, -0.25) is 4.79 Å². The molecule has 0 unspecified atom stereocenters. The molecule has 3 N–H and O–H groups in total. The molecule has 1 saturated carbocycles. The summed E-state index contributed by atoms with van der Waals surface area (Å²) < 4.78 is 0. The monoisotopic (exact) mass is 260 g/mol. The van der Waals surface area contributed by atoms with E-state index in [0.29, 0.717) is 18.9 Å². The number of carbonyl (C=O) groups excluding carboxylic acids is 1. The van der Waals surface area contributed by atoms with Crippen LogP contribution in [0, 0.1) is 5.92 Å². The van der Waals surface area contributed by atoms with Crippen LogP contribution in [0.25, 0.3) is 0 Å². The average Bonchev–Trinajstić information content (AvgIpc) is 2.82. The first-order valence-electron chi connectivity index (χ1n) is 7.29.